The molecule has 4 rings (SSSR count). The summed E-state index contributed by atoms with van der Waals surface area (Å²) < 4.78 is 5.89. The molecule has 2 N–H and O–H groups in total. The van der Waals surface area contributed by atoms with Crippen LogP contribution in [-0.4, -0.2) is 42.2 Å². The maximum Gasteiger partial charge on any atom is 0.0702 e. The van der Waals surface area contributed by atoms with Crippen LogP contribution < -0.4 is 10.9 Å². The first-order valence-electron chi connectivity index (χ1n) is 9.14. The molecule has 6 heteroatoms. The van der Waals surface area contributed by atoms with Crippen molar-refractivity contribution in [3.63, 3.8) is 0 Å². The molecule has 2 aliphatic heterocycles. The highest BCUT2D eigenvalue weighted by Crippen LogP contribution is 2.29. The Kier molecular flexibility index (Phi) is 5.74. The molecule has 0 aromatic carbocycles. The summed E-state index contributed by atoms with van der Waals surface area (Å²) in [7, 11) is 0. The van der Waals surface area contributed by atoms with Crippen molar-refractivity contribution in [3.8, 4) is 0 Å². The minimum atomic E-state index is 0.367. The molecule has 2 aromatic heterocycles. The highest BCUT2D eigenvalue weighted by Gasteiger charge is 2.31. The van der Waals surface area contributed by atoms with Gasteiger partial charge in [-0.2, -0.15) is 0 Å². The predicted molar refractivity (Wildman–Crippen MR) is 100 cm³/mol. The van der Waals surface area contributed by atoms with Gasteiger partial charge in [-0.05, 0) is 36.4 Å². The second-order valence-corrected chi connectivity index (χ2v) is 7.91. The SMILES string of the molecule is c1ccc(CN(CC2CCCO2)CC2CNNC2c2cccs2)nc1. The van der Waals surface area contributed by atoms with Crippen LogP contribution in [0.1, 0.15) is 29.5 Å². The van der Waals surface area contributed by atoms with Crippen molar-refractivity contribution in [2.45, 2.75) is 31.5 Å². The van der Waals surface area contributed by atoms with Crippen molar-refractivity contribution in [3.05, 3.63) is 52.5 Å². The fourth-order valence-electron chi connectivity index (χ4n) is 3.81. The average Bonchev–Trinajstić information content (AvgIpc) is 3.38. The van der Waals surface area contributed by atoms with E-state index in [9.17, 15) is 0 Å². The van der Waals surface area contributed by atoms with E-state index in [1.54, 1.807) is 0 Å². The largest absolute Gasteiger partial charge is 0.377 e. The maximum atomic E-state index is 5.89. The first-order chi connectivity index (χ1) is 12.4. The van der Waals surface area contributed by atoms with E-state index >= 15 is 0 Å². The van der Waals surface area contributed by atoms with Crippen LogP contribution in [0.15, 0.2) is 41.9 Å². The van der Waals surface area contributed by atoms with Gasteiger partial charge >= 0.3 is 0 Å². The number of thiophene rings is 1. The number of rotatable bonds is 7. The van der Waals surface area contributed by atoms with Crippen molar-refractivity contribution < 1.29 is 4.74 Å². The lowest BCUT2D eigenvalue weighted by atomic mass is 9.99. The van der Waals surface area contributed by atoms with Gasteiger partial charge in [0, 0.05) is 49.8 Å². The summed E-state index contributed by atoms with van der Waals surface area (Å²) in [6.45, 7) is 4.82. The molecule has 2 saturated heterocycles. The minimum absolute atomic E-state index is 0.367. The Labute approximate surface area is 153 Å². The van der Waals surface area contributed by atoms with E-state index in [1.807, 2.05) is 23.6 Å². The monoisotopic (exact) mass is 358 g/mol. The summed E-state index contributed by atoms with van der Waals surface area (Å²) in [6, 6.07) is 10.9. The summed E-state index contributed by atoms with van der Waals surface area (Å²) in [5.74, 6) is 0.545. The van der Waals surface area contributed by atoms with Crippen LogP contribution in [0.4, 0.5) is 0 Å². The van der Waals surface area contributed by atoms with Crippen LogP contribution in [0.3, 0.4) is 0 Å². The molecule has 134 valence electrons. The lowest BCUT2D eigenvalue weighted by Gasteiger charge is -2.29. The lowest BCUT2D eigenvalue weighted by Crippen LogP contribution is -2.37. The topological polar surface area (TPSA) is 49.4 Å². The fraction of sp³-hybridized carbons (Fsp3) is 0.526. The van der Waals surface area contributed by atoms with Crippen LogP contribution in [0.5, 0.6) is 0 Å². The fourth-order valence-corrected chi connectivity index (χ4v) is 4.68. The van der Waals surface area contributed by atoms with E-state index in [2.05, 4.69) is 50.4 Å². The summed E-state index contributed by atoms with van der Waals surface area (Å²) in [4.78, 5) is 8.46. The first kappa shape index (κ1) is 17.1. The molecule has 0 amide bonds. The van der Waals surface area contributed by atoms with Crippen molar-refractivity contribution in [1.82, 2.24) is 20.7 Å². The van der Waals surface area contributed by atoms with Gasteiger partial charge in [0.1, 0.15) is 0 Å². The molecule has 3 atom stereocenters. The van der Waals surface area contributed by atoms with Gasteiger partial charge in [0.05, 0.1) is 17.8 Å². The Hall–Kier alpha value is -1.31. The zero-order chi connectivity index (χ0) is 16.9. The average molecular weight is 359 g/mol. The molecule has 0 bridgehead atoms. The van der Waals surface area contributed by atoms with Gasteiger partial charge in [-0.25, -0.2) is 5.43 Å². The number of hydrogen-bond donors (Lipinski definition) is 2. The normalized spacial score (nSPS) is 26.5. The standard InChI is InChI=1S/C19H26N4OS/c1-2-8-20-16(5-1)13-23(14-17-6-3-9-24-17)12-15-11-21-22-19(15)18-7-4-10-25-18/h1-2,4-5,7-8,10,15,17,19,21-22H,3,6,9,11-14H2. The zero-order valence-corrected chi connectivity index (χ0v) is 15.3. The third kappa shape index (κ3) is 4.46. The number of ether oxygens (including phenoxy) is 1. The molecule has 3 unspecified atom stereocenters. The molecule has 0 saturated carbocycles. The quantitative estimate of drug-likeness (QED) is 0.797. The Balaban J connectivity index is 1.44. The van der Waals surface area contributed by atoms with E-state index in [0.717, 1.165) is 38.5 Å². The van der Waals surface area contributed by atoms with Crippen LogP contribution in [0, 0.1) is 5.92 Å². The molecule has 25 heavy (non-hydrogen) atoms. The van der Waals surface area contributed by atoms with Gasteiger partial charge in [-0.1, -0.05) is 12.1 Å². The molecule has 5 nitrogen and oxygen atoms in total. The van der Waals surface area contributed by atoms with Gasteiger partial charge in [0.2, 0.25) is 0 Å². The van der Waals surface area contributed by atoms with Crippen LogP contribution in [0.2, 0.25) is 0 Å². The number of pyridine rings is 1. The third-order valence-electron chi connectivity index (χ3n) is 5.03. The molecule has 2 aliphatic rings. The Morgan fingerprint density at radius 2 is 2.24 bits per heavy atom. The van der Waals surface area contributed by atoms with Gasteiger partial charge in [-0.15, -0.1) is 11.3 Å². The molecule has 0 spiro atoms. The number of aromatic nitrogens is 1. The maximum absolute atomic E-state index is 5.89. The molecule has 0 radical (unpaired) electrons. The van der Waals surface area contributed by atoms with Crippen LogP contribution in [-0.2, 0) is 11.3 Å². The van der Waals surface area contributed by atoms with Gasteiger partial charge < -0.3 is 4.74 Å². The zero-order valence-electron chi connectivity index (χ0n) is 14.4. The summed E-state index contributed by atoms with van der Waals surface area (Å²) in [6.07, 6.45) is 4.61. The van der Waals surface area contributed by atoms with E-state index in [1.165, 1.54) is 17.7 Å². The number of hydrazine groups is 1. The van der Waals surface area contributed by atoms with Crippen molar-refractivity contribution in [2.75, 3.05) is 26.2 Å². The smallest absolute Gasteiger partial charge is 0.0702 e. The number of nitrogens with zero attached hydrogens (tertiary/aromatic N) is 2. The second kappa shape index (κ2) is 8.38. The molecule has 0 aliphatic carbocycles. The highest BCUT2D eigenvalue weighted by molar-refractivity contribution is 7.10. The van der Waals surface area contributed by atoms with Gasteiger partial charge in [0.25, 0.3) is 0 Å². The summed E-state index contributed by atoms with van der Waals surface area (Å²) >= 11 is 1.83. The predicted octanol–water partition coefficient (Wildman–Crippen LogP) is 2.59. The van der Waals surface area contributed by atoms with E-state index in [4.69, 9.17) is 4.74 Å². The Bertz CT molecular complexity index is 630. The number of hydrogen-bond acceptors (Lipinski definition) is 6. The van der Waals surface area contributed by atoms with Gasteiger partial charge in [0.15, 0.2) is 0 Å². The van der Waals surface area contributed by atoms with Gasteiger partial charge in [-0.3, -0.25) is 15.3 Å². The van der Waals surface area contributed by atoms with Crippen molar-refractivity contribution in [1.29, 1.82) is 0 Å². The second-order valence-electron chi connectivity index (χ2n) is 6.93. The Morgan fingerprint density at radius 1 is 1.24 bits per heavy atom. The molecular weight excluding hydrogens is 332 g/mol. The highest BCUT2D eigenvalue weighted by atomic mass is 32.1. The Morgan fingerprint density at radius 3 is 3.00 bits per heavy atom. The van der Waals surface area contributed by atoms with Crippen molar-refractivity contribution >= 4 is 11.3 Å². The lowest BCUT2D eigenvalue weighted by molar-refractivity contribution is 0.0640. The molecule has 2 aromatic rings. The molecular formula is C19H26N4OS. The summed E-state index contributed by atoms with van der Waals surface area (Å²) in [5, 5.41) is 2.16. The third-order valence-corrected chi connectivity index (χ3v) is 5.99. The minimum Gasteiger partial charge on any atom is -0.377 e. The number of nitrogens with one attached hydrogen (secondary N) is 2. The van der Waals surface area contributed by atoms with E-state index in [-0.39, 0.29) is 0 Å². The molecule has 4 heterocycles. The van der Waals surface area contributed by atoms with Crippen LogP contribution in [0.25, 0.3) is 0 Å². The molecule has 2 fully saturated rings. The van der Waals surface area contributed by atoms with Crippen LogP contribution >= 0.6 is 11.3 Å². The van der Waals surface area contributed by atoms with E-state index in [0.29, 0.717) is 18.1 Å². The first-order valence-corrected chi connectivity index (χ1v) is 10.0. The van der Waals surface area contributed by atoms with Crippen molar-refractivity contribution in [2.24, 2.45) is 5.92 Å². The summed E-state index contributed by atoms with van der Waals surface area (Å²) in [5.41, 5.74) is 7.95. The van der Waals surface area contributed by atoms with E-state index < -0.39 is 0 Å².